The molecule has 0 saturated heterocycles. The zero-order valence-corrected chi connectivity index (χ0v) is 13.1. The number of pyridine rings is 1. The number of para-hydroxylation sites is 1. The van der Waals surface area contributed by atoms with Crippen molar-refractivity contribution in [2.24, 2.45) is 5.92 Å². The fourth-order valence-electron chi connectivity index (χ4n) is 2.19. The van der Waals surface area contributed by atoms with E-state index >= 15 is 0 Å². The van der Waals surface area contributed by atoms with Gasteiger partial charge in [-0.25, -0.2) is 13.8 Å². The van der Waals surface area contributed by atoms with Crippen molar-refractivity contribution in [1.82, 2.24) is 4.98 Å². The summed E-state index contributed by atoms with van der Waals surface area (Å²) in [5.41, 5.74) is 0.192. The van der Waals surface area contributed by atoms with Gasteiger partial charge in [-0.1, -0.05) is 19.9 Å². The fourth-order valence-corrected chi connectivity index (χ4v) is 2.19. The van der Waals surface area contributed by atoms with E-state index in [9.17, 15) is 13.6 Å². The molecule has 23 heavy (non-hydrogen) atoms. The summed E-state index contributed by atoms with van der Waals surface area (Å²) in [7, 11) is 0. The second kappa shape index (κ2) is 7.67. The topological polar surface area (TPSA) is 54.0 Å². The Hall–Kier alpha value is -2.50. The number of halogens is 2. The van der Waals surface area contributed by atoms with Gasteiger partial charge in [0.1, 0.15) is 23.1 Å². The Labute approximate surface area is 133 Å². The Morgan fingerprint density at radius 3 is 2.30 bits per heavy atom. The van der Waals surface area contributed by atoms with E-state index in [4.69, 9.17) is 0 Å². The maximum absolute atomic E-state index is 13.6. The third kappa shape index (κ3) is 4.25. The lowest BCUT2D eigenvalue weighted by molar-refractivity contribution is -0.120. The predicted octanol–water partition coefficient (Wildman–Crippen LogP) is 4.48. The van der Waals surface area contributed by atoms with Gasteiger partial charge >= 0.3 is 0 Å². The van der Waals surface area contributed by atoms with Crippen LogP contribution < -0.4 is 10.6 Å². The Morgan fingerprint density at radius 2 is 1.78 bits per heavy atom. The number of anilines is 3. The van der Waals surface area contributed by atoms with Crippen molar-refractivity contribution in [1.29, 1.82) is 0 Å². The number of nitrogens with one attached hydrogen (secondary N) is 2. The molecule has 0 radical (unpaired) electrons. The molecule has 0 spiro atoms. The Bertz CT molecular complexity index is 650. The van der Waals surface area contributed by atoms with Crippen LogP contribution in [0.2, 0.25) is 0 Å². The summed E-state index contributed by atoms with van der Waals surface area (Å²) in [6.45, 7) is 3.91. The van der Waals surface area contributed by atoms with E-state index in [1.54, 1.807) is 12.1 Å². The first kappa shape index (κ1) is 16.9. The zero-order chi connectivity index (χ0) is 16.8. The molecule has 4 nitrogen and oxygen atoms in total. The van der Waals surface area contributed by atoms with Crippen LogP contribution >= 0.6 is 0 Å². The summed E-state index contributed by atoms with van der Waals surface area (Å²) in [6.07, 6.45) is 2.93. The van der Waals surface area contributed by atoms with Crippen molar-refractivity contribution in [3.8, 4) is 0 Å². The third-order valence-electron chi connectivity index (χ3n) is 3.60. The van der Waals surface area contributed by atoms with Crippen LogP contribution in [0.4, 0.5) is 26.0 Å². The van der Waals surface area contributed by atoms with E-state index in [1.165, 1.54) is 24.4 Å². The molecule has 1 aromatic heterocycles. The second-order valence-electron chi connectivity index (χ2n) is 5.16. The van der Waals surface area contributed by atoms with Gasteiger partial charge < -0.3 is 10.6 Å². The number of amides is 1. The van der Waals surface area contributed by atoms with Crippen LogP contribution in [0.3, 0.4) is 0 Å². The average Bonchev–Trinajstić information content (AvgIpc) is 2.54. The van der Waals surface area contributed by atoms with E-state index in [-0.39, 0.29) is 17.5 Å². The minimum atomic E-state index is -0.684. The van der Waals surface area contributed by atoms with E-state index < -0.39 is 11.6 Å². The maximum atomic E-state index is 13.6. The number of nitrogens with zero attached hydrogens (tertiary/aromatic N) is 1. The monoisotopic (exact) mass is 319 g/mol. The van der Waals surface area contributed by atoms with E-state index in [2.05, 4.69) is 15.6 Å². The number of carbonyl (C=O) groups excluding carboxylic acids is 1. The first-order valence-corrected chi connectivity index (χ1v) is 7.53. The number of aromatic nitrogens is 1. The van der Waals surface area contributed by atoms with Gasteiger partial charge in [0, 0.05) is 5.92 Å². The summed E-state index contributed by atoms with van der Waals surface area (Å²) < 4.78 is 27.1. The van der Waals surface area contributed by atoms with Crippen molar-refractivity contribution in [3.63, 3.8) is 0 Å². The molecule has 6 heteroatoms. The minimum Gasteiger partial charge on any atom is -0.349 e. The molecule has 0 unspecified atom stereocenters. The standard InChI is InChI=1S/C17H19F2N3O/c1-3-11(4-2)17(23)22-15-9-8-12(10-20-15)21-16-13(18)6-5-7-14(16)19/h5-11,21H,3-4H2,1-2H3,(H,20,22,23). The quantitative estimate of drug-likeness (QED) is 0.825. The molecule has 2 rings (SSSR count). The van der Waals surface area contributed by atoms with Gasteiger partial charge in [-0.05, 0) is 37.1 Å². The number of hydrogen-bond donors (Lipinski definition) is 2. The van der Waals surface area contributed by atoms with Gasteiger partial charge in [-0.3, -0.25) is 4.79 Å². The zero-order valence-electron chi connectivity index (χ0n) is 13.1. The Balaban J connectivity index is 2.07. The van der Waals surface area contributed by atoms with Gasteiger partial charge in [0.05, 0.1) is 11.9 Å². The molecule has 0 atom stereocenters. The minimum absolute atomic E-state index is 0.0536. The van der Waals surface area contributed by atoms with Gasteiger partial charge in [0.15, 0.2) is 0 Å². The van der Waals surface area contributed by atoms with Crippen LogP contribution in [0, 0.1) is 17.6 Å². The number of carbonyl (C=O) groups is 1. The van der Waals surface area contributed by atoms with E-state index in [0.717, 1.165) is 12.8 Å². The molecule has 122 valence electrons. The molecular weight excluding hydrogens is 300 g/mol. The first-order chi connectivity index (χ1) is 11.0. The molecular formula is C17H19F2N3O. The molecule has 2 N–H and O–H groups in total. The van der Waals surface area contributed by atoms with Crippen LogP contribution in [-0.2, 0) is 4.79 Å². The van der Waals surface area contributed by atoms with Crippen molar-refractivity contribution >= 4 is 23.1 Å². The highest BCUT2D eigenvalue weighted by Crippen LogP contribution is 2.23. The molecule has 0 aliphatic heterocycles. The second-order valence-corrected chi connectivity index (χ2v) is 5.16. The van der Waals surface area contributed by atoms with Crippen molar-refractivity contribution in [2.45, 2.75) is 26.7 Å². The van der Waals surface area contributed by atoms with Crippen LogP contribution in [0.1, 0.15) is 26.7 Å². The highest BCUT2D eigenvalue weighted by Gasteiger charge is 2.14. The van der Waals surface area contributed by atoms with Gasteiger partial charge in [-0.2, -0.15) is 0 Å². The SMILES string of the molecule is CCC(CC)C(=O)Nc1ccc(Nc2c(F)cccc2F)cn1. The van der Waals surface area contributed by atoms with Gasteiger partial charge in [-0.15, -0.1) is 0 Å². The number of hydrogen-bond acceptors (Lipinski definition) is 3. The van der Waals surface area contributed by atoms with Gasteiger partial charge in [0.25, 0.3) is 0 Å². The normalized spacial score (nSPS) is 10.7. The largest absolute Gasteiger partial charge is 0.349 e. The lowest BCUT2D eigenvalue weighted by Gasteiger charge is -2.13. The summed E-state index contributed by atoms with van der Waals surface area (Å²) in [6, 6.07) is 6.82. The molecule has 0 fully saturated rings. The molecule has 0 bridgehead atoms. The summed E-state index contributed by atoms with van der Waals surface area (Å²) >= 11 is 0. The fraction of sp³-hybridized carbons (Fsp3) is 0.294. The number of benzene rings is 1. The molecule has 0 saturated carbocycles. The average molecular weight is 319 g/mol. The van der Waals surface area contributed by atoms with E-state index in [1.807, 2.05) is 13.8 Å². The first-order valence-electron chi connectivity index (χ1n) is 7.53. The lowest BCUT2D eigenvalue weighted by Crippen LogP contribution is -2.22. The Morgan fingerprint density at radius 1 is 1.13 bits per heavy atom. The maximum Gasteiger partial charge on any atom is 0.228 e. The summed E-state index contributed by atoms with van der Waals surface area (Å²) in [5, 5.41) is 5.37. The Kier molecular flexibility index (Phi) is 5.62. The predicted molar refractivity (Wildman–Crippen MR) is 86.6 cm³/mol. The van der Waals surface area contributed by atoms with Crippen molar-refractivity contribution in [3.05, 3.63) is 48.2 Å². The van der Waals surface area contributed by atoms with Crippen LogP contribution in [0.25, 0.3) is 0 Å². The molecule has 1 aromatic carbocycles. The van der Waals surface area contributed by atoms with Crippen molar-refractivity contribution < 1.29 is 13.6 Å². The molecule has 0 aliphatic carbocycles. The smallest absolute Gasteiger partial charge is 0.228 e. The van der Waals surface area contributed by atoms with Crippen molar-refractivity contribution in [2.75, 3.05) is 10.6 Å². The molecule has 2 aromatic rings. The van der Waals surface area contributed by atoms with Crippen LogP contribution in [-0.4, -0.2) is 10.9 Å². The van der Waals surface area contributed by atoms with Gasteiger partial charge in [0.2, 0.25) is 5.91 Å². The van der Waals surface area contributed by atoms with Crippen LogP contribution in [0.15, 0.2) is 36.5 Å². The third-order valence-corrected chi connectivity index (χ3v) is 3.60. The highest BCUT2D eigenvalue weighted by molar-refractivity contribution is 5.91. The number of rotatable bonds is 6. The van der Waals surface area contributed by atoms with Crippen LogP contribution in [0.5, 0.6) is 0 Å². The summed E-state index contributed by atoms with van der Waals surface area (Å²) in [4.78, 5) is 16.1. The molecule has 0 aliphatic rings. The molecule has 1 amide bonds. The lowest BCUT2D eigenvalue weighted by atomic mass is 10.0. The van der Waals surface area contributed by atoms with E-state index in [0.29, 0.717) is 11.5 Å². The summed E-state index contributed by atoms with van der Waals surface area (Å²) in [5.74, 6) is -1.10. The molecule has 1 heterocycles. The highest BCUT2D eigenvalue weighted by atomic mass is 19.1.